The third-order valence-corrected chi connectivity index (χ3v) is 5.13. The van der Waals surface area contributed by atoms with Crippen molar-refractivity contribution in [1.82, 2.24) is 10.1 Å². The first-order valence-corrected chi connectivity index (χ1v) is 8.77. The first-order chi connectivity index (χ1) is 10.6. The molecule has 0 spiro atoms. The summed E-state index contributed by atoms with van der Waals surface area (Å²) in [7, 11) is -3.35. The Morgan fingerprint density at radius 3 is 2.35 bits per heavy atom. The molecule has 1 aromatic carbocycles. The third kappa shape index (κ3) is 2.63. The SMILES string of the molecule is CS(=O)(=O)c1ccc(-c2noc(C(F)(F)C3(O)CCC3)n2)cc1. The van der Waals surface area contributed by atoms with Crippen molar-refractivity contribution in [3.8, 4) is 11.4 Å². The molecule has 0 atom stereocenters. The van der Waals surface area contributed by atoms with Gasteiger partial charge in [-0.05, 0) is 43.5 Å². The molecule has 1 aliphatic rings. The van der Waals surface area contributed by atoms with Gasteiger partial charge in [0, 0.05) is 11.8 Å². The maximum absolute atomic E-state index is 14.2. The summed E-state index contributed by atoms with van der Waals surface area (Å²) in [6, 6.07) is 5.47. The Hall–Kier alpha value is -1.87. The molecule has 1 fully saturated rings. The van der Waals surface area contributed by atoms with E-state index in [2.05, 4.69) is 14.7 Å². The van der Waals surface area contributed by atoms with Crippen LogP contribution in [0.1, 0.15) is 25.2 Å². The molecule has 3 rings (SSSR count). The highest BCUT2D eigenvalue weighted by molar-refractivity contribution is 7.90. The van der Waals surface area contributed by atoms with E-state index in [1.54, 1.807) is 0 Å². The summed E-state index contributed by atoms with van der Waals surface area (Å²) in [6.07, 6.45) is 1.52. The van der Waals surface area contributed by atoms with Gasteiger partial charge in [0.05, 0.1) is 4.90 Å². The van der Waals surface area contributed by atoms with Gasteiger partial charge in [0.15, 0.2) is 9.84 Å². The van der Waals surface area contributed by atoms with Gasteiger partial charge in [0.1, 0.15) is 5.60 Å². The zero-order chi connectivity index (χ0) is 16.9. The van der Waals surface area contributed by atoms with Crippen molar-refractivity contribution in [3.63, 3.8) is 0 Å². The zero-order valence-corrected chi connectivity index (χ0v) is 13.0. The van der Waals surface area contributed by atoms with Gasteiger partial charge in [-0.25, -0.2) is 8.42 Å². The van der Waals surface area contributed by atoms with Crippen molar-refractivity contribution in [3.05, 3.63) is 30.2 Å². The largest absolute Gasteiger partial charge is 0.383 e. The van der Waals surface area contributed by atoms with Crippen LogP contribution in [0.2, 0.25) is 0 Å². The Morgan fingerprint density at radius 1 is 1.26 bits per heavy atom. The fourth-order valence-electron chi connectivity index (χ4n) is 2.34. The van der Waals surface area contributed by atoms with Gasteiger partial charge in [-0.2, -0.15) is 13.8 Å². The standard InChI is InChI=1S/C14H14F2N2O4S/c1-23(20,21)10-5-3-9(4-6-10)11-17-12(22-18-11)14(15,16)13(19)7-2-8-13/h3-6,19H,2,7-8H2,1H3. The quantitative estimate of drug-likeness (QED) is 0.913. The Labute approximate surface area is 131 Å². The van der Waals surface area contributed by atoms with E-state index < -0.39 is 27.3 Å². The predicted molar refractivity (Wildman–Crippen MR) is 75.5 cm³/mol. The van der Waals surface area contributed by atoms with Gasteiger partial charge in [-0.1, -0.05) is 5.16 Å². The topological polar surface area (TPSA) is 93.3 Å². The molecule has 0 unspecified atom stereocenters. The molecule has 0 amide bonds. The van der Waals surface area contributed by atoms with Crippen LogP contribution in [-0.4, -0.2) is 35.5 Å². The maximum atomic E-state index is 14.2. The van der Waals surface area contributed by atoms with Gasteiger partial charge in [0.25, 0.3) is 0 Å². The molecule has 1 aliphatic carbocycles. The van der Waals surface area contributed by atoms with E-state index in [4.69, 9.17) is 0 Å². The van der Waals surface area contributed by atoms with Crippen LogP contribution in [-0.2, 0) is 15.8 Å². The minimum atomic E-state index is -3.62. The van der Waals surface area contributed by atoms with Crippen molar-refractivity contribution in [2.75, 3.05) is 6.26 Å². The molecule has 6 nitrogen and oxygen atoms in total. The number of halogens is 2. The molecule has 1 aromatic heterocycles. The third-order valence-electron chi connectivity index (χ3n) is 4.00. The van der Waals surface area contributed by atoms with Gasteiger partial charge >= 0.3 is 11.8 Å². The van der Waals surface area contributed by atoms with E-state index in [1.165, 1.54) is 24.3 Å². The van der Waals surface area contributed by atoms with Crippen LogP contribution < -0.4 is 0 Å². The Balaban J connectivity index is 1.90. The lowest BCUT2D eigenvalue weighted by Gasteiger charge is -2.40. The lowest BCUT2D eigenvalue weighted by atomic mass is 9.75. The van der Waals surface area contributed by atoms with Crippen LogP contribution >= 0.6 is 0 Å². The smallest absolute Gasteiger partial charge is 0.352 e. The van der Waals surface area contributed by atoms with E-state index >= 15 is 0 Å². The number of hydrogen-bond acceptors (Lipinski definition) is 6. The molecule has 9 heteroatoms. The number of alkyl halides is 2. The summed E-state index contributed by atoms with van der Waals surface area (Å²) in [5.74, 6) is -4.66. The van der Waals surface area contributed by atoms with Crippen molar-refractivity contribution >= 4 is 9.84 Å². The fourth-order valence-corrected chi connectivity index (χ4v) is 2.97. The lowest BCUT2D eigenvalue weighted by molar-refractivity contribution is -0.235. The lowest BCUT2D eigenvalue weighted by Crippen LogP contribution is -2.51. The first kappa shape index (κ1) is 16.0. The van der Waals surface area contributed by atoms with Gasteiger partial charge in [-0.3, -0.25) is 0 Å². The van der Waals surface area contributed by atoms with Crippen molar-refractivity contribution in [2.24, 2.45) is 0 Å². The van der Waals surface area contributed by atoms with Crippen LogP contribution in [0.5, 0.6) is 0 Å². The van der Waals surface area contributed by atoms with E-state index in [-0.39, 0.29) is 23.6 Å². The normalized spacial score (nSPS) is 17.7. The summed E-state index contributed by atoms with van der Waals surface area (Å²) in [5, 5.41) is 13.3. The average molecular weight is 344 g/mol. The highest BCUT2D eigenvalue weighted by atomic mass is 32.2. The highest BCUT2D eigenvalue weighted by Gasteiger charge is 2.60. The van der Waals surface area contributed by atoms with E-state index in [9.17, 15) is 22.3 Å². The number of nitrogens with zero attached hydrogens (tertiary/aromatic N) is 2. The molecule has 1 saturated carbocycles. The monoisotopic (exact) mass is 344 g/mol. The van der Waals surface area contributed by atoms with Crippen molar-refractivity contribution < 1.29 is 26.8 Å². The molecule has 1 heterocycles. The van der Waals surface area contributed by atoms with E-state index in [0.717, 1.165) is 6.26 Å². The molecule has 2 aromatic rings. The molecule has 0 aliphatic heterocycles. The van der Waals surface area contributed by atoms with Gasteiger partial charge in [0.2, 0.25) is 5.82 Å². The first-order valence-electron chi connectivity index (χ1n) is 6.88. The van der Waals surface area contributed by atoms with Crippen LogP contribution in [0.4, 0.5) is 8.78 Å². The Kier molecular flexibility index (Phi) is 3.53. The van der Waals surface area contributed by atoms with E-state index in [0.29, 0.717) is 12.0 Å². The number of aliphatic hydroxyl groups is 1. The summed E-state index contributed by atoms with van der Waals surface area (Å²) in [5.41, 5.74) is -1.81. The molecular weight excluding hydrogens is 330 g/mol. The fraction of sp³-hybridized carbons (Fsp3) is 0.429. The predicted octanol–water partition coefficient (Wildman–Crippen LogP) is 2.15. The minimum absolute atomic E-state index is 0.0270. The molecule has 1 N–H and O–H groups in total. The average Bonchev–Trinajstić information content (AvgIpc) is 2.94. The Morgan fingerprint density at radius 2 is 1.87 bits per heavy atom. The highest BCUT2D eigenvalue weighted by Crippen LogP contribution is 2.49. The maximum Gasteiger partial charge on any atom is 0.352 e. The molecule has 124 valence electrons. The minimum Gasteiger partial charge on any atom is -0.383 e. The second-order valence-corrected chi connectivity index (χ2v) is 7.69. The van der Waals surface area contributed by atoms with Crippen molar-refractivity contribution in [1.29, 1.82) is 0 Å². The van der Waals surface area contributed by atoms with Crippen LogP contribution in [0.3, 0.4) is 0 Å². The van der Waals surface area contributed by atoms with Gasteiger partial charge < -0.3 is 9.63 Å². The second-order valence-electron chi connectivity index (χ2n) is 5.68. The van der Waals surface area contributed by atoms with Gasteiger partial charge in [-0.15, -0.1) is 0 Å². The zero-order valence-electron chi connectivity index (χ0n) is 12.2. The molecular formula is C14H14F2N2O4S. The molecule has 0 radical (unpaired) electrons. The summed E-state index contributed by atoms with van der Waals surface area (Å²) in [6.45, 7) is 0. The molecule has 23 heavy (non-hydrogen) atoms. The summed E-state index contributed by atoms with van der Waals surface area (Å²) in [4.78, 5) is 3.75. The van der Waals surface area contributed by atoms with E-state index in [1.807, 2.05) is 0 Å². The van der Waals surface area contributed by atoms with Crippen LogP contribution in [0, 0.1) is 0 Å². The number of hydrogen-bond donors (Lipinski definition) is 1. The number of benzene rings is 1. The number of sulfone groups is 1. The van der Waals surface area contributed by atoms with Crippen LogP contribution in [0.15, 0.2) is 33.7 Å². The van der Waals surface area contributed by atoms with Crippen molar-refractivity contribution in [2.45, 2.75) is 35.7 Å². The molecule has 0 saturated heterocycles. The second kappa shape index (κ2) is 5.07. The Bertz CT molecular complexity index is 827. The number of aromatic nitrogens is 2. The summed E-state index contributed by atoms with van der Waals surface area (Å²) < 4.78 is 55.8. The number of rotatable bonds is 4. The van der Waals surface area contributed by atoms with Crippen LogP contribution in [0.25, 0.3) is 11.4 Å². The summed E-state index contributed by atoms with van der Waals surface area (Å²) >= 11 is 0. The molecule has 0 bridgehead atoms.